The number of hydrogen-bond donors (Lipinski definition) is 0. The highest BCUT2D eigenvalue weighted by molar-refractivity contribution is 6.24. The van der Waals surface area contributed by atoms with Crippen LogP contribution in [0.1, 0.15) is 17.3 Å². The van der Waals surface area contributed by atoms with Gasteiger partial charge in [-0.05, 0) is 6.92 Å². The number of carbonyl (C=O) groups is 2. The lowest BCUT2D eigenvalue weighted by Crippen LogP contribution is -2.26. The molecule has 76 valence electrons. The van der Waals surface area contributed by atoms with E-state index in [0.29, 0.717) is 11.3 Å². The number of Topliss-reactive ketones (excluding diaryl/α,β-unsaturated/α-hetero) is 1. The third-order valence-electron chi connectivity index (χ3n) is 2.25. The third kappa shape index (κ3) is 1.66. The van der Waals surface area contributed by atoms with Gasteiger partial charge in [-0.3, -0.25) is 4.79 Å². The molecule has 1 atom stereocenters. The molecule has 1 aliphatic rings. The van der Waals surface area contributed by atoms with E-state index in [1.165, 1.54) is 0 Å². The second kappa shape index (κ2) is 3.65. The summed E-state index contributed by atoms with van der Waals surface area (Å²) in [6, 6.07) is 8.65. The summed E-state index contributed by atoms with van der Waals surface area (Å²) in [6.45, 7) is 1.61. The van der Waals surface area contributed by atoms with Gasteiger partial charge < -0.3 is 4.84 Å². The van der Waals surface area contributed by atoms with Crippen molar-refractivity contribution >= 4 is 17.5 Å². The normalized spacial score (nSPS) is 19.7. The van der Waals surface area contributed by atoms with Crippen LogP contribution in [-0.4, -0.2) is 17.5 Å². The molecule has 4 heteroatoms. The Bertz CT molecular complexity index is 436. The van der Waals surface area contributed by atoms with Gasteiger partial charge in [0.05, 0.1) is 5.71 Å². The standard InChI is InChI=1S/C11H9NO3/c1-7-9(11(14)15-12-7)10(13)8-5-3-2-4-6-8/h2-6,9H,1H3. The van der Waals surface area contributed by atoms with Gasteiger partial charge in [0.1, 0.15) is 0 Å². The van der Waals surface area contributed by atoms with Gasteiger partial charge in [0.25, 0.3) is 0 Å². The van der Waals surface area contributed by atoms with Crippen LogP contribution < -0.4 is 0 Å². The minimum atomic E-state index is -0.868. The summed E-state index contributed by atoms with van der Waals surface area (Å²) in [5.74, 6) is -1.73. The molecule has 4 nitrogen and oxygen atoms in total. The molecular formula is C11H9NO3. The van der Waals surface area contributed by atoms with Gasteiger partial charge in [0.15, 0.2) is 11.7 Å². The minimum Gasteiger partial charge on any atom is -0.317 e. The van der Waals surface area contributed by atoms with E-state index in [0.717, 1.165) is 0 Å². The smallest absolute Gasteiger partial charge is 0.317 e. The summed E-state index contributed by atoms with van der Waals surface area (Å²) >= 11 is 0. The summed E-state index contributed by atoms with van der Waals surface area (Å²) in [7, 11) is 0. The maximum absolute atomic E-state index is 11.9. The quantitative estimate of drug-likeness (QED) is 0.415. The Morgan fingerprint density at radius 1 is 1.33 bits per heavy atom. The number of benzene rings is 1. The molecule has 0 fully saturated rings. The van der Waals surface area contributed by atoms with Gasteiger partial charge in [-0.1, -0.05) is 35.5 Å². The average molecular weight is 203 g/mol. The van der Waals surface area contributed by atoms with E-state index in [1.807, 2.05) is 6.07 Å². The van der Waals surface area contributed by atoms with Crippen molar-refractivity contribution in [3.63, 3.8) is 0 Å². The molecule has 0 spiro atoms. The van der Waals surface area contributed by atoms with E-state index in [2.05, 4.69) is 9.99 Å². The molecule has 1 unspecified atom stereocenters. The van der Waals surface area contributed by atoms with Crippen molar-refractivity contribution in [2.24, 2.45) is 11.1 Å². The number of rotatable bonds is 2. The summed E-state index contributed by atoms with van der Waals surface area (Å²) in [4.78, 5) is 27.6. The Balaban J connectivity index is 2.30. The van der Waals surface area contributed by atoms with Crippen LogP contribution in [0.5, 0.6) is 0 Å². The molecule has 0 saturated heterocycles. The Kier molecular flexibility index (Phi) is 2.33. The molecule has 0 bridgehead atoms. The molecule has 0 radical (unpaired) electrons. The SMILES string of the molecule is CC1=NOC(=O)C1C(=O)c1ccccc1. The first kappa shape index (κ1) is 9.58. The van der Waals surface area contributed by atoms with Gasteiger partial charge in [-0.15, -0.1) is 0 Å². The molecule has 0 N–H and O–H groups in total. The van der Waals surface area contributed by atoms with Gasteiger partial charge in [-0.25, -0.2) is 4.79 Å². The second-order valence-corrected chi connectivity index (χ2v) is 3.31. The highest BCUT2D eigenvalue weighted by atomic mass is 16.7. The first-order valence-electron chi connectivity index (χ1n) is 4.55. The van der Waals surface area contributed by atoms with E-state index in [1.54, 1.807) is 31.2 Å². The molecule has 1 aromatic rings. The lowest BCUT2D eigenvalue weighted by molar-refractivity contribution is -0.142. The number of oxime groups is 1. The van der Waals surface area contributed by atoms with Gasteiger partial charge in [-0.2, -0.15) is 0 Å². The molecule has 0 aliphatic carbocycles. The van der Waals surface area contributed by atoms with E-state index in [-0.39, 0.29) is 5.78 Å². The fourth-order valence-electron chi connectivity index (χ4n) is 1.46. The minimum absolute atomic E-state index is 0.264. The number of hydrogen-bond acceptors (Lipinski definition) is 4. The van der Waals surface area contributed by atoms with Gasteiger partial charge in [0, 0.05) is 5.56 Å². The zero-order valence-electron chi connectivity index (χ0n) is 8.14. The summed E-state index contributed by atoms with van der Waals surface area (Å²) in [5.41, 5.74) is 0.907. The molecule has 1 aromatic carbocycles. The van der Waals surface area contributed by atoms with Crippen LogP contribution in [0.2, 0.25) is 0 Å². The number of nitrogens with zero attached hydrogens (tertiary/aromatic N) is 1. The molecule has 1 aliphatic heterocycles. The van der Waals surface area contributed by atoms with Crippen molar-refractivity contribution in [3.8, 4) is 0 Å². The van der Waals surface area contributed by atoms with Crippen LogP contribution in [0.3, 0.4) is 0 Å². The predicted octanol–water partition coefficient (Wildman–Crippen LogP) is 1.42. The van der Waals surface area contributed by atoms with Crippen molar-refractivity contribution in [1.29, 1.82) is 0 Å². The third-order valence-corrected chi connectivity index (χ3v) is 2.25. The largest absolute Gasteiger partial charge is 0.351 e. The van der Waals surface area contributed by atoms with Crippen molar-refractivity contribution < 1.29 is 14.4 Å². The first-order valence-corrected chi connectivity index (χ1v) is 4.55. The van der Waals surface area contributed by atoms with E-state index < -0.39 is 11.9 Å². The lowest BCUT2D eigenvalue weighted by atomic mass is 9.94. The monoisotopic (exact) mass is 203 g/mol. The maximum atomic E-state index is 11.9. The van der Waals surface area contributed by atoms with Crippen LogP contribution in [0.4, 0.5) is 0 Å². The van der Waals surface area contributed by atoms with Crippen LogP contribution in [-0.2, 0) is 9.63 Å². The lowest BCUT2D eigenvalue weighted by Gasteiger charge is -2.04. The van der Waals surface area contributed by atoms with Gasteiger partial charge in [0.2, 0.25) is 0 Å². The first-order chi connectivity index (χ1) is 7.20. The zero-order chi connectivity index (χ0) is 10.8. The van der Waals surface area contributed by atoms with Crippen molar-refractivity contribution in [2.45, 2.75) is 6.92 Å². The highest BCUT2D eigenvalue weighted by Gasteiger charge is 2.36. The van der Waals surface area contributed by atoms with Crippen LogP contribution >= 0.6 is 0 Å². The van der Waals surface area contributed by atoms with E-state index >= 15 is 0 Å². The molecule has 1 heterocycles. The Hall–Kier alpha value is -1.97. The maximum Gasteiger partial charge on any atom is 0.351 e. The fraction of sp³-hybridized carbons (Fsp3) is 0.182. The number of ketones is 1. The molecule has 0 amide bonds. The summed E-state index contributed by atoms with van der Waals surface area (Å²) in [6.07, 6.45) is 0. The molecule has 2 rings (SSSR count). The van der Waals surface area contributed by atoms with Crippen LogP contribution in [0.25, 0.3) is 0 Å². The van der Waals surface area contributed by atoms with Crippen molar-refractivity contribution in [2.75, 3.05) is 0 Å². The van der Waals surface area contributed by atoms with Crippen LogP contribution in [0.15, 0.2) is 35.5 Å². The zero-order valence-corrected chi connectivity index (χ0v) is 8.14. The predicted molar refractivity (Wildman–Crippen MR) is 53.5 cm³/mol. The van der Waals surface area contributed by atoms with Crippen LogP contribution in [0, 0.1) is 5.92 Å². The second-order valence-electron chi connectivity index (χ2n) is 3.31. The Morgan fingerprint density at radius 2 is 2.00 bits per heavy atom. The Labute approximate surface area is 86.5 Å². The molecular weight excluding hydrogens is 194 g/mol. The van der Waals surface area contributed by atoms with Gasteiger partial charge >= 0.3 is 5.97 Å². The van der Waals surface area contributed by atoms with Crippen molar-refractivity contribution in [3.05, 3.63) is 35.9 Å². The summed E-state index contributed by atoms with van der Waals surface area (Å²) in [5, 5.41) is 3.49. The fourth-order valence-corrected chi connectivity index (χ4v) is 1.46. The molecule has 15 heavy (non-hydrogen) atoms. The Morgan fingerprint density at radius 3 is 2.53 bits per heavy atom. The molecule has 0 aromatic heterocycles. The van der Waals surface area contributed by atoms with Crippen molar-refractivity contribution in [1.82, 2.24) is 0 Å². The summed E-state index contributed by atoms with van der Waals surface area (Å²) < 4.78 is 0. The van der Waals surface area contributed by atoms with E-state index in [9.17, 15) is 9.59 Å². The van der Waals surface area contributed by atoms with E-state index in [4.69, 9.17) is 0 Å². The highest BCUT2D eigenvalue weighted by Crippen LogP contribution is 2.17. The topological polar surface area (TPSA) is 55.7 Å². The molecule has 0 saturated carbocycles. The average Bonchev–Trinajstić information content (AvgIpc) is 2.59. The number of carbonyl (C=O) groups excluding carboxylic acids is 2.